The van der Waals surface area contributed by atoms with Crippen LogP contribution in [0.3, 0.4) is 0 Å². The van der Waals surface area contributed by atoms with Crippen molar-refractivity contribution < 1.29 is 14.3 Å². The zero-order chi connectivity index (χ0) is 15.2. The second-order valence-electron chi connectivity index (χ2n) is 5.48. The van der Waals surface area contributed by atoms with Crippen LogP contribution in [0.2, 0.25) is 0 Å². The number of ether oxygens (including phenoxy) is 2. The third-order valence-corrected chi connectivity index (χ3v) is 3.75. The summed E-state index contributed by atoms with van der Waals surface area (Å²) in [5.74, 6) is 0.926. The van der Waals surface area contributed by atoms with Gasteiger partial charge in [0, 0.05) is 30.9 Å². The molecule has 0 aromatic heterocycles. The third-order valence-electron chi connectivity index (χ3n) is 3.75. The van der Waals surface area contributed by atoms with Gasteiger partial charge in [-0.1, -0.05) is 6.07 Å². The molecule has 2 N–H and O–H groups in total. The number of anilines is 1. The zero-order valence-corrected chi connectivity index (χ0v) is 12.7. The fraction of sp³-hybridized carbons (Fsp3) is 0.562. The number of benzene rings is 1. The Bertz CT molecular complexity index is 478. The van der Waals surface area contributed by atoms with E-state index in [1.165, 1.54) is 0 Å². The molecule has 1 saturated heterocycles. The van der Waals surface area contributed by atoms with Crippen LogP contribution in [0.1, 0.15) is 19.8 Å². The molecule has 1 heterocycles. The molecule has 116 valence electrons. The van der Waals surface area contributed by atoms with E-state index in [9.17, 15) is 4.79 Å². The summed E-state index contributed by atoms with van der Waals surface area (Å²) in [4.78, 5) is 13.9. The van der Waals surface area contributed by atoms with Crippen molar-refractivity contribution in [1.82, 2.24) is 0 Å². The summed E-state index contributed by atoms with van der Waals surface area (Å²) in [6.07, 6.45) is 1.29. The van der Waals surface area contributed by atoms with Gasteiger partial charge in [-0.25, -0.2) is 0 Å². The molecule has 2 unspecified atom stereocenters. The zero-order valence-electron chi connectivity index (χ0n) is 12.7. The van der Waals surface area contributed by atoms with Crippen LogP contribution in [0, 0.1) is 5.92 Å². The minimum atomic E-state index is -0.137. The number of hydrogen-bond acceptors (Lipinski definition) is 5. The molecule has 21 heavy (non-hydrogen) atoms. The van der Waals surface area contributed by atoms with Gasteiger partial charge in [-0.3, -0.25) is 4.79 Å². The second-order valence-corrected chi connectivity index (χ2v) is 5.48. The molecule has 0 spiro atoms. The number of piperidine rings is 1. The Labute approximate surface area is 126 Å². The molecule has 0 saturated carbocycles. The summed E-state index contributed by atoms with van der Waals surface area (Å²) in [6.45, 7) is 3.87. The maximum atomic E-state index is 11.7. The highest BCUT2D eigenvalue weighted by atomic mass is 16.5. The Morgan fingerprint density at radius 1 is 1.43 bits per heavy atom. The third kappa shape index (κ3) is 4.36. The number of methoxy groups -OCH3 is 1. The Kier molecular flexibility index (Phi) is 5.44. The van der Waals surface area contributed by atoms with Gasteiger partial charge >= 0.3 is 5.97 Å². The number of nitrogens with zero attached hydrogens (tertiary/aromatic N) is 1. The monoisotopic (exact) mass is 292 g/mol. The maximum Gasteiger partial charge on any atom is 0.306 e. The van der Waals surface area contributed by atoms with E-state index in [1.807, 2.05) is 31.2 Å². The van der Waals surface area contributed by atoms with E-state index in [4.69, 9.17) is 15.2 Å². The van der Waals surface area contributed by atoms with Crippen LogP contribution >= 0.6 is 0 Å². The van der Waals surface area contributed by atoms with Gasteiger partial charge in [0.05, 0.1) is 20.1 Å². The lowest BCUT2D eigenvalue weighted by atomic mass is 9.91. The molecule has 5 nitrogen and oxygen atoms in total. The van der Waals surface area contributed by atoms with Gasteiger partial charge < -0.3 is 20.1 Å². The molecule has 1 fully saturated rings. The highest BCUT2D eigenvalue weighted by Gasteiger charge is 2.27. The predicted octanol–water partition coefficient (Wildman–Crippen LogP) is 1.80. The average Bonchev–Trinajstić information content (AvgIpc) is 2.47. The lowest BCUT2D eigenvalue weighted by Crippen LogP contribution is -2.47. The molecule has 0 aliphatic carbocycles. The Hall–Kier alpha value is -1.75. The molecule has 0 radical (unpaired) electrons. The highest BCUT2D eigenvalue weighted by Crippen LogP contribution is 2.27. The number of rotatable bonds is 5. The topological polar surface area (TPSA) is 64.8 Å². The smallest absolute Gasteiger partial charge is 0.306 e. The summed E-state index contributed by atoms with van der Waals surface area (Å²) in [5.41, 5.74) is 7.23. The van der Waals surface area contributed by atoms with Gasteiger partial charge in [-0.05, 0) is 31.4 Å². The summed E-state index contributed by atoms with van der Waals surface area (Å²) in [7, 11) is 1.66. The Balaban J connectivity index is 2.04. The molecule has 2 rings (SSSR count). The fourth-order valence-corrected chi connectivity index (χ4v) is 2.87. The maximum absolute atomic E-state index is 11.7. The largest absolute Gasteiger partial charge is 0.497 e. The first-order valence-electron chi connectivity index (χ1n) is 7.42. The van der Waals surface area contributed by atoms with Crippen LogP contribution in [0.5, 0.6) is 5.75 Å². The minimum absolute atomic E-state index is 0.0735. The molecule has 1 aliphatic heterocycles. The summed E-state index contributed by atoms with van der Waals surface area (Å²) in [5, 5.41) is 0. The Morgan fingerprint density at radius 2 is 2.24 bits per heavy atom. The van der Waals surface area contributed by atoms with Crippen molar-refractivity contribution in [3.8, 4) is 5.75 Å². The van der Waals surface area contributed by atoms with Crippen LogP contribution < -0.4 is 15.4 Å². The SMILES string of the molecule is CCOC(=O)CC1CC(N)CN(c2cccc(OC)c2)C1. The van der Waals surface area contributed by atoms with Gasteiger partial charge in [0.1, 0.15) is 5.75 Å². The van der Waals surface area contributed by atoms with Crippen molar-refractivity contribution in [3.63, 3.8) is 0 Å². The lowest BCUT2D eigenvalue weighted by molar-refractivity contribution is -0.144. The number of carbonyl (C=O) groups is 1. The van der Waals surface area contributed by atoms with E-state index in [-0.39, 0.29) is 17.9 Å². The first-order chi connectivity index (χ1) is 10.1. The van der Waals surface area contributed by atoms with E-state index in [2.05, 4.69) is 4.90 Å². The quantitative estimate of drug-likeness (QED) is 0.838. The van der Waals surface area contributed by atoms with Gasteiger partial charge in [0.2, 0.25) is 0 Å². The minimum Gasteiger partial charge on any atom is -0.497 e. The van der Waals surface area contributed by atoms with E-state index in [1.54, 1.807) is 7.11 Å². The van der Waals surface area contributed by atoms with Crippen molar-refractivity contribution in [3.05, 3.63) is 24.3 Å². The molecular weight excluding hydrogens is 268 g/mol. The Morgan fingerprint density at radius 3 is 2.95 bits per heavy atom. The van der Waals surface area contributed by atoms with Gasteiger partial charge in [-0.15, -0.1) is 0 Å². The van der Waals surface area contributed by atoms with Crippen LogP contribution in [-0.2, 0) is 9.53 Å². The fourth-order valence-electron chi connectivity index (χ4n) is 2.87. The summed E-state index contributed by atoms with van der Waals surface area (Å²) in [6, 6.07) is 8.00. The molecular formula is C16H24N2O3. The molecule has 1 aromatic carbocycles. The van der Waals surface area contributed by atoms with Crippen molar-refractivity contribution in [2.75, 3.05) is 31.7 Å². The predicted molar refractivity (Wildman–Crippen MR) is 82.5 cm³/mol. The van der Waals surface area contributed by atoms with Gasteiger partial charge in [0.25, 0.3) is 0 Å². The lowest BCUT2D eigenvalue weighted by Gasteiger charge is -2.37. The average molecular weight is 292 g/mol. The molecule has 1 aromatic rings. The number of hydrogen-bond donors (Lipinski definition) is 1. The van der Waals surface area contributed by atoms with Gasteiger partial charge in [-0.2, -0.15) is 0 Å². The molecule has 0 amide bonds. The second kappa shape index (κ2) is 7.31. The van der Waals surface area contributed by atoms with Crippen molar-refractivity contribution in [1.29, 1.82) is 0 Å². The molecule has 1 aliphatic rings. The normalized spacial score (nSPS) is 22.0. The molecule has 5 heteroatoms. The first-order valence-corrected chi connectivity index (χ1v) is 7.42. The summed E-state index contributed by atoms with van der Waals surface area (Å²) >= 11 is 0. The summed E-state index contributed by atoms with van der Waals surface area (Å²) < 4.78 is 10.3. The van der Waals surface area contributed by atoms with E-state index in [0.29, 0.717) is 13.0 Å². The molecule has 2 atom stereocenters. The van der Waals surface area contributed by atoms with E-state index >= 15 is 0 Å². The van der Waals surface area contributed by atoms with Gasteiger partial charge in [0.15, 0.2) is 0 Å². The van der Waals surface area contributed by atoms with Crippen LogP contribution in [0.15, 0.2) is 24.3 Å². The number of esters is 1. The van der Waals surface area contributed by atoms with Crippen molar-refractivity contribution in [2.45, 2.75) is 25.8 Å². The number of carbonyl (C=O) groups excluding carboxylic acids is 1. The molecule has 0 bridgehead atoms. The van der Waals surface area contributed by atoms with Crippen molar-refractivity contribution >= 4 is 11.7 Å². The van der Waals surface area contributed by atoms with E-state index < -0.39 is 0 Å². The standard InChI is InChI=1S/C16H24N2O3/c1-3-21-16(19)8-12-7-13(17)11-18(10-12)14-5-4-6-15(9-14)20-2/h4-6,9,12-13H,3,7-8,10-11,17H2,1-2H3. The first kappa shape index (κ1) is 15.6. The van der Waals surface area contributed by atoms with E-state index in [0.717, 1.165) is 30.9 Å². The van der Waals surface area contributed by atoms with Crippen LogP contribution in [0.4, 0.5) is 5.69 Å². The van der Waals surface area contributed by atoms with Crippen LogP contribution in [0.25, 0.3) is 0 Å². The van der Waals surface area contributed by atoms with Crippen molar-refractivity contribution in [2.24, 2.45) is 11.7 Å². The number of nitrogens with two attached hydrogens (primary N) is 1. The van der Waals surface area contributed by atoms with Crippen LogP contribution in [-0.4, -0.2) is 38.8 Å². The highest BCUT2D eigenvalue weighted by molar-refractivity contribution is 5.69.